The molecule has 2 aromatic rings. The van der Waals surface area contributed by atoms with Crippen molar-refractivity contribution < 1.29 is 23.9 Å². The van der Waals surface area contributed by atoms with Gasteiger partial charge < -0.3 is 14.8 Å². The Balaban J connectivity index is 1.91. The number of nitrogens with zero attached hydrogens (tertiary/aromatic N) is 1. The lowest BCUT2D eigenvalue weighted by atomic mass is 10.0. The smallest absolute Gasteiger partial charge is 0.262 e. The van der Waals surface area contributed by atoms with E-state index in [2.05, 4.69) is 5.32 Å². The number of anilines is 1. The molecule has 0 spiro atoms. The van der Waals surface area contributed by atoms with E-state index in [0.29, 0.717) is 34.7 Å². The second-order valence-electron chi connectivity index (χ2n) is 7.26. The molecular formula is C22H24N2O5. The molecule has 152 valence electrons. The Labute approximate surface area is 169 Å². The van der Waals surface area contributed by atoms with E-state index >= 15 is 0 Å². The number of fused-ring (bicyclic) bond motifs is 1. The molecule has 0 saturated carbocycles. The Morgan fingerprint density at radius 2 is 1.48 bits per heavy atom. The van der Waals surface area contributed by atoms with Crippen LogP contribution in [0.2, 0.25) is 0 Å². The second-order valence-corrected chi connectivity index (χ2v) is 7.26. The van der Waals surface area contributed by atoms with Crippen LogP contribution in [0.25, 0.3) is 0 Å². The number of carbonyl (C=O) groups excluding carboxylic acids is 3. The summed E-state index contributed by atoms with van der Waals surface area (Å²) in [5.74, 6) is -0.218. The van der Waals surface area contributed by atoms with Crippen molar-refractivity contribution in [3.05, 3.63) is 53.6 Å². The summed E-state index contributed by atoms with van der Waals surface area (Å²) in [4.78, 5) is 40.0. The topological polar surface area (TPSA) is 84.9 Å². The summed E-state index contributed by atoms with van der Waals surface area (Å²) >= 11 is 0. The molecular weight excluding hydrogens is 372 g/mol. The van der Waals surface area contributed by atoms with Gasteiger partial charge in [0.2, 0.25) is 5.91 Å². The predicted molar refractivity (Wildman–Crippen MR) is 108 cm³/mol. The summed E-state index contributed by atoms with van der Waals surface area (Å²) in [5, 5.41) is 2.80. The molecule has 1 N–H and O–H groups in total. The number of ether oxygens (including phenoxy) is 2. The quantitative estimate of drug-likeness (QED) is 0.726. The first-order chi connectivity index (χ1) is 13.8. The largest absolute Gasteiger partial charge is 0.497 e. The molecule has 2 aromatic carbocycles. The van der Waals surface area contributed by atoms with Gasteiger partial charge in [0, 0.05) is 23.9 Å². The van der Waals surface area contributed by atoms with Gasteiger partial charge in [-0.05, 0) is 24.5 Å². The number of hydrogen-bond donors (Lipinski definition) is 1. The first kappa shape index (κ1) is 20.4. The number of rotatable bonds is 7. The molecule has 1 heterocycles. The van der Waals surface area contributed by atoms with Gasteiger partial charge in [-0.25, -0.2) is 0 Å². The molecule has 0 radical (unpaired) electrons. The van der Waals surface area contributed by atoms with Crippen molar-refractivity contribution in [2.45, 2.75) is 26.3 Å². The molecule has 0 aromatic heterocycles. The van der Waals surface area contributed by atoms with Crippen molar-refractivity contribution >= 4 is 23.4 Å². The van der Waals surface area contributed by atoms with Crippen LogP contribution < -0.4 is 14.8 Å². The molecule has 0 saturated heterocycles. The summed E-state index contributed by atoms with van der Waals surface area (Å²) in [6.45, 7) is 3.88. The molecule has 1 aliphatic rings. The minimum absolute atomic E-state index is 0.0925. The number of hydrogen-bond acceptors (Lipinski definition) is 5. The Morgan fingerprint density at radius 1 is 0.966 bits per heavy atom. The van der Waals surface area contributed by atoms with E-state index in [1.165, 1.54) is 14.2 Å². The number of imide groups is 1. The van der Waals surface area contributed by atoms with Crippen molar-refractivity contribution in [1.29, 1.82) is 0 Å². The standard InChI is InChI=1S/C22H24N2O5/c1-13(2)9-19(24-21(26)17-7-5-6-8-18(17)22(24)27)20(25)23-14-10-15(28-3)12-16(11-14)29-4/h5-8,10-13,19H,9H2,1-4H3,(H,23,25)/t19-/m0/s1. The third-order valence-electron chi connectivity index (χ3n) is 4.75. The van der Waals surface area contributed by atoms with Gasteiger partial charge in [-0.15, -0.1) is 0 Å². The van der Waals surface area contributed by atoms with E-state index in [4.69, 9.17) is 9.47 Å². The van der Waals surface area contributed by atoms with Gasteiger partial charge in [-0.3, -0.25) is 19.3 Å². The summed E-state index contributed by atoms with van der Waals surface area (Å²) in [6.07, 6.45) is 0.346. The van der Waals surface area contributed by atoms with Gasteiger partial charge in [-0.2, -0.15) is 0 Å². The van der Waals surface area contributed by atoms with E-state index in [0.717, 1.165) is 4.90 Å². The van der Waals surface area contributed by atoms with Crippen LogP contribution in [0.5, 0.6) is 11.5 Å². The monoisotopic (exact) mass is 396 g/mol. The Hall–Kier alpha value is -3.35. The van der Waals surface area contributed by atoms with Crippen molar-refractivity contribution in [2.24, 2.45) is 5.92 Å². The first-order valence-corrected chi connectivity index (χ1v) is 9.36. The van der Waals surface area contributed by atoms with E-state index in [-0.39, 0.29) is 5.92 Å². The van der Waals surface area contributed by atoms with Crippen LogP contribution in [0.1, 0.15) is 41.0 Å². The van der Waals surface area contributed by atoms with E-state index in [1.54, 1.807) is 42.5 Å². The summed E-state index contributed by atoms with van der Waals surface area (Å²) in [7, 11) is 3.03. The van der Waals surface area contributed by atoms with Crippen LogP contribution >= 0.6 is 0 Å². The zero-order chi connectivity index (χ0) is 21.1. The molecule has 7 nitrogen and oxygen atoms in total. The van der Waals surface area contributed by atoms with E-state index in [1.807, 2.05) is 13.8 Å². The highest BCUT2D eigenvalue weighted by atomic mass is 16.5. The van der Waals surface area contributed by atoms with Crippen LogP contribution in [-0.4, -0.2) is 42.9 Å². The lowest BCUT2D eigenvalue weighted by molar-refractivity contribution is -0.120. The Kier molecular flexibility index (Phi) is 5.87. The lowest BCUT2D eigenvalue weighted by Crippen LogP contribution is -2.47. The van der Waals surface area contributed by atoms with Crippen molar-refractivity contribution in [3.63, 3.8) is 0 Å². The van der Waals surface area contributed by atoms with Gasteiger partial charge in [-0.1, -0.05) is 26.0 Å². The summed E-state index contributed by atoms with van der Waals surface area (Å²) in [6, 6.07) is 10.7. The maximum absolute atomic E-state index is 13.1. The molecule has 29 heavy (non-hydrogen) atoms. The van der Waals surface area contributed by atoms with Crippen molar-refractivity contribution in [1.82, 2.24) is 4.90 Å². The molecule has 1 atom stereocenters. The zero-order valence-electron chi connectivity index (χ0n) is 16.9. The second kappa shape index (κ2) is 8.34. The predicted octanol–water partition coefficient (Wildman–Crippen LogP) is 3.35. The van der Waals surface area contributed by atoms with Crippen LogP contribution in [0.15, 0.2) is 42.5 Å². The molecule has 3 rings (SSSR count). The molecule has 7 heteroatoms. The van der Waals surface area contributed by atoms with Crippen LogP contribution in [0.3, 0.4) is 0 Å². The number of methoxy groups -OCH3 is 2. The normalized spacial score (nSPS) is 14.0. The Morgan fingerprint density at radius 3 is 1.93 bits per heavy atom. The summed E-state index contributed by atoms with van der Waals surface area (Å²) < 4.78 is 10.5. The van der Waals surface area contributed by atoms with Crippen molar-refractivity contribution in [2.75, 3.05) is 19.5 Å². The number of carbonyl (C=O) groups is 3. The molecule has 0 bridgehead atoms. The minimum atomic E-state index is -0.931. The van der Waals surface area contributed by atoms with Gasteiger partial charge in [0.1, 0.15) is 17.5 Å². The van der Waals surface area contributed by atoms with Gasteiger partial charge in [0.15, 0.2) is 0 Å². The number of benzene rings is 2. The fourth-order valence-electron chi connectivity index (χ4n) is 3.37. The highest BCUT2D eigenvalue weighted by molar-refractivity contribution is 6.23. The zero-order valence-corrected chi connectivity index (χ0v) is 16.9. The average Bonchev–Trinajstić information content (AvgIpc) is 2.96. The van der Waals surface area contributed by atoms with Crippen molar-refractivity contribution in [3.8, 4) is 11.5 Å². The van der Waals surface area contributed by atoms with Gasteiger partial charge >= 0.3 is 0 Å². The number of amides is 3. The average molecular weight is 396 g/mol. The fourth-order valence-corrected chi connectivity index (χ4v) is 3.37. The highest BCUT2D eigenvalue weighted by Gasteiger charge is 2.42. The SMILES string of the molecule is COc1cc(NC(=O)[C@H](CC(C)C)N2C(=O)c3ccccc3C2=O)cc(OC)c1. The third-order valence-corrected chi connectivity index (χ3v) is 4.75. The van der Waals surface area contributed by atoms with E-state index < -0.39 is 23.8 Å². The van der Waals surface area contributed by atoms with Gasteiger partial charge in [0.05, 0.1) is 25.3 Å². The molecule has 0 unspecified atom stereocenters. The molecule has 1 aliphatic heterocycles. The maximum atomic E-state index is 13.1. The minimum Gasteiger partial charge on any atom is -0.497 e. The van der Waals surface area contributed by atoms with Crippen LogP contribution in [-0.2, 0) is 4.79 Å². The molecule has 0 fully saturated rings. The molecule has 0 aliphatic carbocycles. The Bertz CT molecular complexity index is 897. The highest BCUT2D eigenvalue weighted by Crippen LogP contribution is 2.29. The van der Waals surface area contributed by atoms with Gasteiger partial charge in [0.25, 0.3) is 11.8 Å². The summed E-state index contributed by atoms with van der Waals surface area (Å²) in [5.41, 5.74) is 1.10. The maximum Gasteiger partial charge on any atom is 0.262 e. The lowest BCUT2D eigenvalue weighted by Gasteiger charge is -2.27. The van der Waals surface area contributed by atoms with Crippen LogP contribution in [0.4, 0.5) is 5.69 Å². The number of nitrogens with one attached hydrogen (secondary N) is 1. The molecule has 3 amide bonds. The first-order valence-electron chi connectivity index (χ1n) is 9.36. The van der Waals surface area contributed by atoms with E-state index in [9.17, 15) is 14.4 Å². The fraction of sp³-hybridized carbons (Fsp3) is 0.318. The third kappa shape index (κ3) is 4.08. The van der Waals surface area contributed by atoms with Crippen LogP contribution in [0, 0.1) is 5.92 Å².